The maximum atomic E-state index is 13.0. The molecule has 0 aliphatic heterocycles. The maximum Gasteiger partial charge on any atom is 0.345 e. The predicted octanol–water partition coefficient (Wildman–Crippen LogP) is 2.95. The monoisotopic (exact) mass is 488 g/mol. The number of nitrogens with one attached hydrogen (secondary N) is 1. The minimum atomic E-state index is -1.22. The van der Waals surface area contributed by atoms with Gasteiger partial charge in [-0.1, -0.05) is 24.3 Å². The number of benzene rings is 3. The number of carbonyl (C=O) groups is 5. The van der Waals surface area contributed by atoms with Crippen LogP contribution in [0.1, 0.15) is 52.6 Å². The molecule has 36 heavy (non-hydrogen) atoms. The van der Waals surface area contributed by atoms with Crippen molar-refractivity contribution in [3.05, 3.63) is 104 Å². The number of nitro groups is 1. The standard InChI is InChI=1S/C25H16N2O9/c1-35-24(31)13-6-8-14(9-7-13)26-19(28)12-36-25(32)18-11-10-17-20(21(18)27(33)34)23(30)16-5-3-2-4-15(16)22(17)29/h2-11H,12H2,1H3,(H,26,28). The van der Waals surface area contributed by atoms with E-state index >= 15 is 0 Å². The van der Waals surface area contributed by atoms with Gasteiger partial charge in [-0.25, -0.2) is 9.59 Å². The van der Waals surface area contributed by atoms with E-state index in [1.165, 1.54) is 49.6 Å². The Balaban J connectivity index is 1.54. The van der Waals surface area contributed by atoms with Crippen LogP contribution in [-0.4, -0.2) is 48.1 Å². The highest BCUT2D eigenvalue weighted by Gasteiger charge is 2.39. The number of methoxy groups -OCH3 is 1. The molecule has 1 aliphatic rings. The van der Waals surface area contributed by atoms with Gasteiger partial charge in [-0.3, -0.25) is 24.5 Å². The number of hydrogen-bond acceptors (Lipinski definition) is 9. The SMILES string of the molecule is COC(=O)c1ccc(NC(=O)COC(=O)c2ccc3c(c2[N+](=O)[O-])C(=O)c2ccccc2C3=O)cc1. The molecule has 0 fully saturated rings. The molecule has 3 aromatic carbocycles. The van der Waals surface area contributed by atoms with E-state index in [4.69, 9.17) is 4.74 Å². The predicted molar refractivity (Wildman–Crippen MR) is 123 cm³/mol. The molecule has 0 aromatic heterocycles. The molecule has 0 saturated carbocycles. The Morgan fingerprint density at radius 1 is 0.861 bits per heavy atom. The van der Waals surface area contributed by atoms with Crippen molar-refractivity contribution in [3.8, 4) is 0 Å². The third-order valence-corrected chi connectivity index (χ3v) is 5.39. The Labute approximate surface area is 202 Å². The zero-order valence-electron chi connectivity index (χ0n) is 18.6. The molecule has 1 amide bonds. The van der Waals surface area contributed by atoms with Gasteiger partial charge in [0.05, 0.1) is 17.6 Å². The number of rotatable bonds is 6. The normalized spacial score (nSPS) is 11.7. The van der Waals surface area contributed by atoms with Crippen LogP contribution in [0.2, 0.25) is 0 Å². The molecule has 1 N–H and O–H groups in total. The van der Waals surface area contributed by atoms with Gasteiger partial charge in [-0.05, 0) is 36.4 Å². The molecule has 11 nitrogen and oxygen atoms in total. The highest BCUT2D eigenvalue weighted by atomic mass is 16.6. The van der Waals surface area contributed by atoms with Gasteiger partial charge in [0.25, 0.3) is 11.6 Å². The summed E-state index contributed by atoms with van der Waals surface area (Å²) in [5.74, 6) is -3.89. The Hall–Kier alpha value is -5.19. The van der Waals surface area contributed by atoms with Gasteiger partial charge in [0, 0.05) is 22.4 Å². The summed E-state index contributed by atoms with van der Waals surface area (Å²) in [6, 6.07) is 13.7. The van der Waals surface area contributed by atoms with E-state index in [9.17, 15) is 34.1 Å². The lowest BCUT2D eigenvalue weighted by atomic mass is 9.82. The topological polar surface area (TPSA) is 159 Å². The van der Waals surface area contributed by atoms with Crippen molar-refractivity contribution in [2.75, 3.05) is 19.0 Å². The molecule has 11 heteroatoms. The summed E-state index contributed by atoms with van der Waals surface area (Å²) in [6.45, 7) is -0.790. The van der Waals surface area contributed by atoms with Crippen molar-refractivity contribution < 1.29 is 38.4 Å². The number of nitrogens with zero attached hydrogens (tertiary/aromatic N) is 1. The zero-order chi connectivity index (χ0) is 26.0. The van der Waals surface area contributed by atoms with Crippen molar-refractivity contribution >= 4 is 40.8 Å². The number of nitro benzene ring substituents is 1. The van der Waals surface area contributed by atoms with Gasteiger partial charge < -0.3 is 14.8 Å². The average Bonchev–Trinajstić information content (AvgIpc) is 2.89. The molecule has 0 saturated heterocycles. The smallest absolute Gasteiger partial charge is 0.345 e. The first-order valence-corrected chi connectivity index (χ1v) is 10.4. The van der Waals surface area contributed by atoms with Crippen LogP contribution in [0.15, 0.2) is 60.7 Å². The molecule has 4 rings (SSSR count). The van der Waals surface area contributed by atoms with Gasteiger partial charge in [0.1, 0.15) is 11.1 Å². The average molecular weight is 488 g/mol. The molecule has 3 aromatic rings. The minimum absolute atomic E-state index is 0.0128. The lowest BCUT2D eigenvalue weighted by molar-refractivity contribution is -0.385. The molecular weight excluding hydrogens is 472 g/mol. The van der Waals surface area contributed by atoms with Crippen LogP contribution in [0.4, 0.5) is 11.4 Å². The molecule has 0 unspecified atom stereocenters. The van der Waals surface area contributed by atoms with E-state index in [2.05, 4.69) is 10.1 Å². The van der Waals surface area contributed by atoms with E-state index in [0.717, 1.165) is 12.1 Å². The molecule has 1 aliphatic carbocycles. The zero-order valence-corrected chi connectivity index (χ0v) is 18.6. The van der Waals surface area contributed by atoms with Crippen LogP contribution in [0, 0.1) is 10.1 Å². The van der Waals surface area contributed by atoms with Crippen molar-refractivity contribution in [2.45, 2.75) is 0 Å². The Morgan fingerprint density at radius 2 is 1.50 bits per heavy atom. The molecule has 0 bridgehead atoms. The number of esters is 2. The van der Waals surface area contributed by atoms with E-state index in [1.807, 2.05) is 0 Å². The van der Waals surface area contributed by atoms with Crippen molar-refractivity contribution in [2.24, 2.45) is 0 Å². The van der Waals surface area contributed by atoms with Crippen LogP contribution >= 0.6 is 0 Å². The summed E-state index contributed by atoms with van der Waals surface area (Å²) >= 11 is 0. The van der Waals surface area contributed by atoms with Crippen molar-refractivity contribution in [1.29, 1.82) is 0 Å². The van der Waals surface area contributed by atoms with E-state index < -0.39 is 57.8 Å². The summed E-state index contributed by atoms with van der Waals surface area (Å²) in [7, 11) is 1.23. The second kappa shape index (κ2) is 9.58. The fraction of sp³-hybridized carbons (Fsp3) is 0.0800. The van der Waals surface area contributed by atoms with E-state index in [1.54, 1.807) is 6.07 Å². The molecule has 0 atom stereocenters. The van der Waals surface area contributed by atoms with Gasteiger partial charge in [0.2, 0.25) is 5.78 Å². The van der Waals surface area contributed by atoms with Gasteiger partial charge in [0.15, 0.2) is 12.4 Å². The first kappa shape index (κ1) is 24.0. The second-order valence-corrected chi connectivity index (χ2v) is 7.54. The molecule has 0 radical (unpaired) electrons. The fourth-order valence-electron chi connectivity index (χ4n) is 3.74. The maximum absolute atomic E-state index is 13.0. The van der Waals surface area contributed by atoms with E-state index in [0.29, 0.717) is 5.69 Å². The number of anilines is 1. The summed E-state index contributed by atoms with van der Waals surface area (Å²) in [5.41, 5.74) is -1.50. The molecule has 0 heterocycles. The summed E-state index contributed by atoms with van der Waals surface area (Å²) in [5, 5.41) is 14.3. The quantitative estimate of drug-likeness (QED) is 0.244. The summed E-state index contributed by atoms with van der Waals surface area (Å²) in [6.07, 6.45) is 0. The Bertz CT molecular complexity index is 1460. The van der Waals surface area contributed by atoms with Crippen molar-refractivity contribution in [3.63, 3.8) is 0 Å². The van der Waals surface area contributed by atoms with Crippen LogP contribution in [0.3, 0.4) is 0 Å². The number of amides is 1. The van der Waals surface area contributed by atoms with Crippen LogP contribution in [0.5, 0.6) is 0 Å². The molecular formula is C25H16N2O9. The fourth-order valence-corrected chi connectivity index (χ4v) is 3.74. The molecule has 180 valence electrons. The van der Waals surface area contributed by atoms with Gasteiger partial charge in [-0.15, -0.1) is 0 Å². The van der Waals surface area contributed by atoms with Crippen LogP contribution in [0.25, 0.3) is 0 Å². The van der Waals surface area contributed by atoms with Gasteiger partial charge >= 0.3 is 11.9 Å². The lowest BCUT2D eigenvalue weighted by Gasteiger charge is -2.18. The number of hydrogen-bond donors (Lipinski definition) is 1. The first-order valence-electron chi connectivity index (χ1n) is 10.4. The highest BCUT2D eigenvalue weighted by molar-refractivity contribution is 6.30. The lowest BCUT2D eigenvalue weighted by Crippen LogP contribution is -2.25. The third-order valence-electron chi connectivity index (χ3n) is 5.39. The van der Waals surface area contributed by atoms with Crippen LogP contribution in [-0.2, 0) is 14.3 Å². The Morgan fingerprint density at radius 3 is 2.11 bits per heavy atom. The largest absolute Gasteiger partial charge is 0.465 e. The van der Waals surface area contributed by atoms with Crippen molar-refractivity contribution in [1.82, 2.24) is 0 Å². The summed E-state index contributed by atoms with van der Waals surface area (Å²) < 4.78 is 9.51. The van der Waals surface area contributed by atoms with Gasteiger partial charge in [-0.2, -0.15) is 0 Å². The first-order chi connectivity index (χ1) is 17.2. The number of ketones is 2. The third kappa shape index (κ3) is 4.32. The van der Waals surface area contributed by atoms with E-state index in [-0.39, 0.29) is 22.3 Å². The number of fused-ring (bicyclic) bond motifs is 2. The highest BCUT2D eigenvalue weighted by Crippen LogP contribution is 2.35. The minimum Gasteiger partial charge on any atom is -0.465 e. The second-order valence-electron chi connectivity index (χ2n) is 7.54. The Kier molecular flexibility index (Phi) is 6.38. The summed E-state index contributed by atoms with van der Waals surface area (Å²) in [4.78, 5) is 73.0. The number of carbonyl (C=O) groups excluding carboxylic acids is 5. The number of ether oxygens (including phenoxy) is 2. The van der Waals surface area contributed by atoms with Crippen LogP contribution < -0.4 is 5.32 Å². The molecule has 0 spiro atoms.